The molecular formula is C19H20ClN3O2S. The summed E-state index contributed by atoms with van der Waals surface area (Å²) >= 11 is 8.08. The van der Waals surface area contributed by atoms with Crippen molar-refractivity contribution in [3.05, 3.63) is 52.8 Å². The Bertz CT molecular complexity index is 846. The van der Waals surface area contributed by atoms with E-state index >= 15 is 0 Å². The summed E-state index contributed by atoms with van der Waals surface area (Å²) in [5, 5.41) is 12.0. The molecule has 136 valence electrons. The number of aliphatic imine (C=N–C) groups is 1. The number of ether oxygens (including phenoxy) is 1. The minimum Gasteiger partial charge on any atom is -0.503 e. The lowest BCUT2D eigenvalue weighted by molar-refractivity contribution is 0.306. The average Bonchev–Trinajstić information content (AvgIpc) is 3.15. The number of rotatable bonds is 4. The standard InChI is InChI=1S/C19H20ClN3O2S/c1-3-25-15-9-12(8-13(20)18(15)24)17-16(14-6-4-5-7-21-14)22-19-23(17)10-11(2)26-19/h4-9,11,16-17,24H,3,10H2,1-2H3/t11-,16+,17-/m1/s1. The minimum atomic E-state index is -0.110. The van der Waals surface area contributed by atoms with Gasteiger partial charge in [-0.2, -0.15) is 0 Å². The van der Waals surface area contributed by atoms with E-state index in [2.05, 4.69) is 16.8 Å². The Hall–Kier alpha value is -1.92. The largest absolute Gasteiger partial charge is 0.503 e. The van der Waals surface area contributed by atoms with Crippen LogP contribution in [0.25, 0.3) is 0 Å². The molecule has 5 nitrogen and oxygen atoms in total. The van der Waals surface area contributed by atoms with E-state index < -0.39 is 0 Å². The molecule has 2 aliphatic heterocycles. The topological polar surface area (TPSA) is 58.0 Å². The van der Waals surface area contributed by atoms with E-state index in [0.29, 0.717) is 22.6 Å². The molecule has 3 atom stereocenters. The van der Waals surface area contributed by atoms with Crippen LogP contribution in [0.5, 0.6) is 11.5 Å². The highest BCUT2D eigenvalue weighted by atomic mass is 35.5. The van der Waals surface area contributed by atoms with Crippen molar-refractivity contribution in [3.63, 3.8) is 0 Å². The van der Waals surface area contributed by atoms with Gasteiger partial charge in [-0.25, -0.2) is 0 Å². The molecule has 4 rings (SSSR count). The lowest BCUT2D eigenvalue weighted by atomic mass is 9.96. The summed E-state index contributed by atoms with van der Waals surface area (Å²) < 4.78 is 5.58. The van der Waals surface area contributed by atoms with Crippen molar-refractivity contribution in [2.75, 3.05) is 13.2 Å². The Morgan fingerprint density at radius 1 is 1.38 bits per heavy atom. The molecule has 0 spiro atoms. The smallest absolute Gasteiger partial charge is 0.176 e. The minimum absolute atomic E-state index is 0.0186. The van der Waals surface area contributed by atoms with Crippen LogP contribution in [-0.4, -0.2) is 38.6 Å². The van der Waals surface area contributed by atoms with Gasteiger partial charge in [0.15, 0.2) is 16.7 Å². The van der Waals surface area contributed by atoms with Crippen molar-refractivity contribution < 1.29 is 9.84 Å². The molecule has 0 radical (unpaired) electrons. The molecule has 3 heterocycles. The molecule has 1 saturated heterocycles. The Labute approximate surface area is 162 Å². The maximum Gasteiger partial charge on any atom is 0.176 e. The van der Waals surface area contributed by atoms with Crippen LogP contribution in [0.3, 0.4) is 0 Å². The van der Waals surface area contributed by atoms with Crippen LogP contribution < -0.4 is 4.74 Å². The molecule has 1 aromatic carbocycles. The summed E-state index contributed by atoms with van der Waals surface area (Å²) in [7, 11) is 0. The molecule has 0 aliphatic carbocycles. The molecule has 1 fully saturated rings. The summed E-state index contributed by atoms with van der Waals surface area (Å²) in [6.07, 6.45) is 1.79. The first-order chi connectivity index (χ1) is 12.6. The molecule has 0 amide bonds. The SMILES string of the molecule is CCOc1cc([C@@H]2[C@H](c3ccccn3)N=C3S[C@H](C)CN32)cc(Cl)c1O. The van der Waals surface area contributed by atoms with Gasteiger partial charge in [0.2, 0.25) is 0 Å². The van der Waals surface area contributed by atoms with Crippen LogP contribution in [0, 0.1) is 0 Å². The van der Waals surface area contributed by atoms with Crippen molar-refractivity contribution in [2.45, 2.75) is 31.2 Å². The third-order valence-corrected chi connectivity index (χ3v) is 5.96. The highest BCUT2D eigenvalue weighted by Crippen LogP contribution is 2.49. The zero-order valence-corrected chi connectivity index (χ0v) is 16.2. The third kappa shape index (κ3) is 3.01. The molecule has 0 saturated carbocycles. The maximum atomic E-state index is 10.2. The number of phenols is 1. The van der Waals surface area contributed by atoms with Crippen molar-refractivity contribution >= 4 is 28.5 Å². The van der Waals surface area contributed by atoms with Gasteiger partial charge in [0.25, 0.3) is 0 Å². The van der Waals surface area contributed by atoms with E-state index in [0.717, 1.165) is 23.0 Å². The number of halogens is 1. The number of thioether (sulfide) groups is 1. The fourth-order valence-corrected chi connectivity index (χ4v) is 4.82. The molecule has 0 bridgehead atoms. The summed E-state index contributed by atoms with van der Waals surface area (Å²) in [4.78, 5) is 11.8. The van der Waals surface area contributed by atoms with Crippen molar-refractivity contribution in [3.8, 4) is 11.5 Å². The van der Waals surface area contributed by atoms with E-state index in [4.69, 9.17) is 21.3 Å². The molecule has 26 heavy (non-hydrogen) atoms. The van der Waals surface area contributed by atoms with E-state index in [1.54, 1.807) is 18.0 Å². The van der Waals surface area contributed by atoms with Crippen LogP contribution in [0.1, 0.15) is 37.2 Å². The molecule has 1 aromatic heterocycles. The van der Waals surface area contributed by atoms with Crippen LogP contribution in [0.4, 0.5) is 0 Å². The van der Waals surface area contributed by atoms with E-state index in [-0.39, 0.29) is 17.8 Å². The quantitative estimate of drug-likeness (QED) is 0.838. The Morgan fingerprint density at radius 2 is 2.23 bits per heavy atom. The van der Waals surface area contributed by atoms with Gasteiger partial charge in [0, 0.05) is 18.0 Å². The number of hydrogen-bond donors (Lipinski definition) is 1. The summed E-state index contributed by atoms with van der Waals surface area (Å²) in [6.45, 7) is 5.46. The van der Waals surface area contributed by atoms with E-state index in [1.165, 1.54) is 0 Å². The number of aromatic nitrogens is 1. The maximum absolute atomic E-state index is 10.2. The fraction of sp³-hybridized carbons (Fsp3) is 0.368. The third-order valence-electron chi connectivity index (χ3n) is 4.57. The Balaban J connectivity index is 1.80. The van der Waals surface area contributed by atoms with Gasteiger partial charge < -0.3 is 14.7 Å². The van der Waals surface area contributed by atoms with Gasteiger partial charge >= 0.3 is 0 Å². The number of aromatic hydroxyl groups is 1. The van der Waals surface area contributed by atoms with Gasteiger partial charge in [0.05, 0.1) is 23.4 Å². The Kier molecular flexibility index (Phi) is 4.71. The monoisotopic (exact) mass is 389 g/mol. The van der Waals surface area contributed by atoms with E-state index in [1.807, 2.05) is 37.3 Å². The van der Waals surface area contributed by atoms with Crippen LogP contribution in [0.2, 0.25) is 5.02 Å². The fourth-order valence-electron chi connectivity index (χ4n) is 3.51. The normalized spacial score (nSPS) is 24.5. The zero-order chi connectivity index (χ0) is 18.3. The first kappa shape index (κ1) is 17.5. The van der Waals surface area contributed by atoms with Crippen LogP contribution >= 0.6 is 23.4 Å². The molecule has 2 aliphatic rings. The predicted molar refractivity (Wildman–Crippen MR) is 105 cm³/mol. The van der Waals surface area contributed by atoms with Crippen molar-refractivity contribution in [2.24, 2.45) is 4.99 Å². The Morgan fingerprint density at radius 3 is 2.96 bits per heavy atom. The molecule has 2 aromatic rings. The van der Waals surface area contributed by atoms with Crippen molar-refractivity contribution in [1.29, 1.82) is 0 Å². The number of phenolic OH excluding ortho intramolecular Hbond substituents is 1. The van der Waals surface area contributed by atoms with Gasteiger partial charge in [-0.05, 0) is 36.8 Å². The second kappa shape index (κ2) is 7.00. The first-order valence-corrected chi connectivity index (χ1v) is 9.91. The highest BCUT2D eigenvalue weighted by molar-refractivity contribution is 8.14. The molecule has 1 N–H and O–H groups in total. The zero-order valence-electron chi connectivity index (χ0n) is 14.6. The van der Waals surface area contributed by atoms with E-state index in [9.17, 15) is 5.11 Å². The second-order valence-corrected chi connectivity index (χ2v) is 8.23. The van der Waals surface area contributed by atoms with Crippen molar-refractivity contribution in [1.82, 2.24) is 9.88 Å². The van der Waals surface area contributed by atoms with Gasteiger partial charge in [-0.15, -0.1) is 0 Å². The number of hydrogen-bond acceptors (Lipinski definition) is 6. The average molecular weight is 390 g/mol. The number of pyridine rings is 1. The summed E-state index contributed by atoms with van der Waals surface area (Å²) in [5.74, 6) is 0.387. The number of amidine groups is 1. The number of fused-ring (bicyclic) bond motifs is 1. The number of nitrogens with zero attached hydrogens (tertiary/aromatic N) is 3. The lowest BCUT2D eigenvalue weighted by Crippen LogP contribution is -2.28. The lowest BCUT2D eigenvalue weighted by Gasteiger charge is -2.28. The van der Waals surface area contributed by atoms with Gasteiger partial charge in [-0.1, -0.05) is 36.4 Å². The second-order valence-electron chi connectivity index (χ2n) is 6.42. The van der Waals surface area contributed by atoms with Crippen LogP contribution in [0.15, 0.2) is 41.5 Å². The first-order valence-electron chi connectivity index (χ1n) is 8.65. The number of benzene rings is 1. The summed E-state index contributed by atoms with van der Waals surface area (Å²) in [5.41, 5.74) is 1.90. The molecular weight excluding hydrogens is 370 g/mol. The van der Waals surface area contributed by atoms with Gasteiger partial charge in [0.1, 0.15) is 6.04 Å². The molecule has 7 heteroatoms. The van der Waals surface area contributed by atoms with Gasteiger partial charge in [-0.3, -0.25) is 9.98 Å². The highest BCUT2D eigenvalue weighted by Gasteiger charge is 2.43. The predicted octanol–water partition coefficient (Wildman–Crippen LogP) is 4.43. The molecule has 0 unspecified atom stereocenters. The summed E-state index contributed by atoms with van der Waals surface area (Å²) in [6, 6.07) is 9.45. The van der Waals surface area contributed by atoms with Crippen LogP contribution in [-0.2, 0) is 0 Å².